The van der Waals surface area contributed by atoms with E-state index in [1.807, 2.05) is 0 Å². The smallest absolute Gasteiger partial charge is 0.185 e. The minimum absolute atomic E-state index is 0.0774. The molecular weight excluding hydrogens is 452 g/mol. The van der Waals surface area contributed by atoms with E-state index in [-0.39, 0.29) is 10.7 Å². The zero-order valence-corrected chi connectivity index (χ0v) is 20.9. The molecule has 0 bridgehead atoms. The summed E-state index contributed by atoms with van der Waals surface area (Å²) in [4.78, 5) is 12.6. The van der Waals surface area contributed by atoms with Gasteiger partial charge in [0.15, 0.2) is 15.6 Å². The average molecular weight is 489 g/mol. The summed E-state index contributed by atoms with van der Waals surface area (Å²) in [6.45, 7) is 9.16. The molecule has 1 saturated heterocycles. The molecule has 0 aliphatic carbocycles. The van der Waals surface area contributed by atoms with Crippen molar-refractivity contribution in [2.75, 3.05) is 32.2 Å². The molecule has 0 saturated carbocycles. The summed E-state index contributed by atoms with van der Waals surface area (Å²) in [5.74, 6) is 0.797. The number of Topliss-reactive ketones (excluding diaryl/α,β-unsaturated/α-hetero) is 1. The summed E-state index contributed by atoms with van der Waals surface area (Å²) < 4.78 is 36.2. The van der Waals surface area contributed by atoms with Gasteiger partial charge in [-0.2, -0.15) is 0 Å². The number of ether oxygens (including phenoxy) is 2. The normalized spacial score (nSPS) is 16.0. The second-order valence-electron chi connectivity index (χ2n) is 8.18. The number of rotatable bonds is 10. The van der Waals surface area contributed by atoms with Crippen LogP contribution in [0.4, 0.5) is 5.69 Å². The van der Waals surface area contributed by atoms with Gasteiger partial charge < -0.3 is 20.5 Å². The third kappa shape index (κ3) is 6.25. The molecule has 1 aliphatic rings. The van der Waals surface area contributed by atoms with Crippen molar-refractivity contribution in [2.24, 2.45) is 5.73 Å². The van der Waals surface area contributed by atoms with Crippen LogP contribution in [0.15, 0.2) is 66.6 Å². The molecule has 0 spiro atoms. The topological polar surface area (TPSA) is 108 Å². The highest BCUT2D eigenvalue weighted by Crippen LogP contribution is 2.37. The number of ketones is 1. The molecule has 0 aromatic heterocycles. The lowest BCUT2D eigenvalue weighted by molar-refractivity contribution is 0.0692. The number of hydrogen-bond donors (Lipinski definition) is 2. The molecule has 3 rings (SSSR count). The average Bonchev–Trinajstić information content (AvgIpc) is 2.88. The standard InChI is InChI=1S/C24H32N2O5S.C2H4/c1-18(25)24(13-16-31-17-14-24)32(28,29)22-11-7-20(8-12-22)26-15-3-4-23(27)19-5-9-21(30-2)10-6-19;1-2/h5-12,18,26H,3-4,13-17,25H2,1-2H3;1-2H2. The van der Waals surface area contributed by atoms with E-state index >= 15 is 0 Å². The summed E-state index contributed by atoms with van der Waals surface area (Å²) >= 11 is 0. The van der Waals surface area contributed by atoms with Crippen molar-refractivity contribution in [3.8, 4) is 5.75 Å². The summed E-state index contributed by atoms with van der Waals surface area (Å²) in [6.07, 6.45) is 1.88. The molecule has 8 heteroatoms. The number of sulfone groups is 1. The zero-order chi connectivity index (χ0) is 25.2. The Balaban J connectivity index is 0.00000199. The zero-order valence-electron chi connectivity index (χ0n) is 20.1. The van der Waals surface area contributed by atoms with Gasteiger partial charge in [-0.05, 0) is 74.7 Å². The number of methoxy groups -OCH3 is 1. The van der Waals surface area contributed by atoms with E-state index in [9.17, 15) is 13.2 Å². The molecular formula is C26H36N2O5S. The Kier molecular flexibility index (Phi) is 10.3. The van der Waals surface area contributed by atoms with Crippen molar-refractivity contribution < 1.29 is 22.7 Å². The van der Waals surface area contributed by atoms with E-state index in [0.717, 1.165) is 11.4 Å². The van der Waals surface area contributed by atoms with E-state index in [4.69, 9.17) is 15.2 Å². The predicted molar refractivity (Wildman–Crippen MR) is 136 cm³/mol. The second kappa shape index (κ2) is 12.7. The molecule has 1 unspecified atom stereocenters. The Bertz CT molecular complexity index is 1010. The number of carbonyl (C=O) groups excluding carboxylic acids is 1. The number of nitrogens with two attached hydrogens (primary N) is 1. The summed E-state index contributed by atoms with van der Waals surface area (Å²) in [7, 11) is -2.01. The lowest BCUT2D eigenvalue weighted by atomic mass is 9.92. The molecule has 34 heavy (non-hydrogen) atoms. The Labute approximate surface area is 203 Å². The van der Waals surface area contributed by atoms with Crippen molar-refractivity contribution in [2.45, 2.75) is 48.3 Å². The predicted octanol–water partition coefficient (Wildman–Crippen LogP) is 4.24. The Hall–Kier alpha value is -2.68. The number of hydrogen-bond acceptors (Lipinski definition) is 7. The molecule has 2 aromatic carbocycles. The molecule has 1 heterocycles. The van der Waals surface area contributed by atoms with Gasteiger partial charge in [-0.15, -0.1) is 13.2 Å². The maximum atomic E-state index is 13.4. The second-order valence-corrected chi connectivity index (χ2v) is 10.5. The van der Waals surface area contributed by atoms with Crippen LogP contribution in [0.2, 0.25) is 0 Å². The monoisotopic (exact) mass is 488 g/mol. The van der Waals surface area contributed by atoms with Crippen LogP contribution >= 0.6 is 0 Å². The van der Waals surface area contributed by atoms with Crippen LogP contribution in [0, 0.1) is 0 Å². The van der Waals surface area contributed by atoms with Gasteiger partial charge in [-0.25, -0.2) is 8.42 Å². The number of carbonyl (C=O) groups is 1. The fraction of sp³-hybridized carbons (Fsp3) is 0.423. The van der Waals surface area contributed by atoms with Gasteiger partial charge in [0.1, 0.15) is 5.75 Å². The largest absolute Gasteiger partial charge is 0.497 e. The Morgan fingerprint density at radius 3 is 2.24 bits per heavy atom. The van der Waals surface area contributed by atoms with Crippen molar-refractivity contribution in [3.63, 3.8) is 0 Å². The highest BCUT2D eigenvalue weighted by molar-refractivity contribution is 7.93. The van der Waals surface area contributed by atoms with E-state index < -0.39 is 20.6 Å². The maximum absolute atomic E-state index is 13.4. The molecule has 0 amide bonds. The first-order valence-corrected chi connectivity index (χ1v) is 12.9. The van der Waals surface area contributed by atoms with Crippen LogP contribution in [-0.2, 0) is 14.6 Å². The van der Waals surface area contributed by atoms with Crippen LogP contribution in [0.3, 0.4) is 0 Å². The molecule has 186 valence electrons. The van der Waals surface area contributed by atoms with Crippen LogP contribution in [0.25, 0.3) is 0 Å². The van der Waals surface area contributed by atoms with Gasteiger partial charge >= 0.3 is 0 Å². The highest BCUT2D eigenvalue weighted by atomic mass is 32.2. The molecule has 1 aliphatic heterocycles. The van der Waals surface area contributed by atoms with E-state index in [2.05, 4.69) is 18.5 Å². The van der Waals surface area contributed by atoms with Crippen LogP contribution in [-0.4, -0.2) is 51.9 Å². The lowest BCUT2D eigenvalue weighted by Crippen LogP contribution is -2.55. The Morgan fingerprint density at radius 2 is 1.71 bits per heavy atom. The fourth-order valence-electron chi connectivity index (χ4n) is 4.08. The first-order chi connectivity index (χ1) is 16.3. The van der Waals surface area contributed by atoms with Gasteiger partial charge in [-0.3, -0.25) is 4.79 Å². The molecule has 1 atom stereocenters. The van der Waals surface area contributed by atoms with E-state index in [1.165, 1.54) is 0 Å². The van der Waals surface area contributed by atoms with Crippen molar-refractivity contribution in [1.82, 2.24) is 0 Å². The van der Waals surface area contributed by atoms with Gasteiger partial charge in [0.05, 0.1) is 16.8 Å². The lowest BCUT2D eigenvalue weighted by Gasteiger charge is -2.39. The van der Waals surface area contributed by atoms with Crippen LogP contribution < -0.4 is 15.8 Å². The van der Waals surface area contributed by atoms with Crippen molar-refractivity contribution in [3.05, 3.63) is 67.3 Å². The van der Waals surface area contributed by atoms with Gasteiger partial charge in [0, 0.05) is 43.5 Å². The first kappa shape index (κ1) is 27.6. The van der Waals surface area contributed by atoms with E-state index in [1.54, 1.807) is 62.6 Å². The maximum Gasteiger partial charge on any atom is 0.185 e. The van der Waals surface area contributed by atoms with Gasteiger partial charge in [-0.1, -0.05) is 0 Å². The third-order valence-corrected chi connectivity index (χ3v) is 8.93. The molecule has 3 N–H and O–H groups in total. The molecule has 7 nitrogen and oxygen atoms in total. The number of benzene rings is 2. The van der Waals surface area contributed by atoms with Gasteiger partial charge in [0.2, 0.25) is 0 Å². The van der Waals surface area contributed by atoms with Crippen molar-refractivity contribution >= 4 is 21.3 Å². The number of anilines is 1. The summed E-state index contributed by atoms with van der Waals surface area (Å²) in [5, 5.41) is 3.25. The van der Waals surface area contributed by atoms with Crippen LogP contribution in [0.1, 0.15) is 43.0 Å². The third-order valence-electron chi connectivity index (χ3n) is 6.19. The fourth-order valence-corrected chi connectivity index (χ4v) is 6.23. The SMILES string of the molecule is C=C.COc1ccc(C(=O)CCCNc2ccc(S(=O)(=O)C3(C(C)N)CCOCC3)cc2)cc1. The van der Waals surface area contributed by atoms with Gasteiger partial charge in [0.25, 0.3) is 0 Å². The summed E-state index contributed by atoms with van der Waals surface area (Å²) in [6, 6.07) is 13.4. The van der Waals surface area contributed by atoms with E-state index in [0.29, 0.717) is 51.0 Å². The highest BCUT2D eigenvalue weighted by Gasteiger charge is 2.48. The molecule has 0 radical (unpaired) electrons. The summed E-state index contributed by atoms with van der Waals surface area (Å²) in [5.41, 5.74) is 7.61. The van der Waals surface area contributed by atoms with Crippen LogP contribution in [0.5, 0.6) is 5.75 Å². The quantitative estimate of drug-likeness (QED) is 0.292. The minimum atomic E-state index is -3.60. The molecule has 1 fully saturated rings. The molecule has 2 aromatic rings. The number of nitrogens with one attached hydrogen (secondary N) is 1. The minimum Gasteiger partial charge on any atom is -0.497 e. The van der Waals surface area contributed by atoms with Crippen molar-refractivity contribution in [1.29, 1.82) is 0 Å². The first-order valence-electron chi connectivity index (χ1n) is 11.4. The Morgan fingerprint density at radius 1 is 1.12 bits per heavy atom.